The predicted octanol–water partition coefficient (Wildman–Crippen LogP) is 3.31. The molecule has 0 unspecified atom stereocenters. The number of carbonyl (C=O) groups is 2. The van der Waals surface area contributed by atoms with Gasteiger partial charge in [-0.25, -0.2) is 4.79 Å². The van der Waals surface area contributed by atoms with E-state index in [-0.39, 0.29) is 23.5 Å². The Bertz CT molecular complexity index is 929. The Labute approximate surface area is 159 Å². The Kier molecular flexibility index (Phi) is 6.19. The van der Waals surface area contributed by atoms with Gasteiger partial charge in [0.15, 0.2) is 0 Å². The average Bonchev–Trinajstić information content (AvgIpc) is 2.91. The highest BCUT2D eigenvalue weighted by Gasteiger charge is 2.14. The van der Waals surface area contributed by atoms with E-state index in [2.05, 4.69) is 5.32 Å². The second kappa shape index (κ2) is 8.37. The summed E-state index contributed by atoms with van der Waals surface area (Å²) < 4.78 is 6.72. The van der Waals surface area contributed by atoms with Crippen LogP contribution in [0.25, 0.3) is 11.8 Å². The van der Waals surface area contributed by atoms with E-state index in [0.29, 0.717) is 5.56 Å². The molecule has 0 aliphatic carbocycles. The number of hydrogen-bond acceptors (Lipinski definition) is 4. The maximum Gasteiger partial charge on any atom is 0.337 e. The first-order chi connectivity index (χ1) is 12.8. The van der Waals surface area contributed by atoms with E-state index in [9.17, 15) is 14.9 Å². The third-order valence-electron chi connectivity index (χ3n) is 4.10. The summed E-state index contributed by atoms with van der Waals surface area (Å²) in [6, 6.07) is 10.9. The number of nitrogens with zero attached hydrogens (tertiary/aromatic N) is 2. The zero-order valence-corrected chi connectivity index (χ0v) is 16.2. The van der Waals surface area contributed by atoms with Crippen molar-refractivity contribution < 1.29 is 14.3 Å². The van der Waals surface area contributed by atoms with E-state index in [0.717, 1.165) is 22.6 Å². The summed E-state index contributed by atoms with van der Waals surface area (Å²) in [6.07, 6.45) is 1.60. The van der Waals surface area contributed by atoms with Crippen LogP contribution in [0.1, 0.15) is 41.2 Å². The molecule has 0 saturated heterocycles. The standard InChI is InChI=1S/C21H23N3O3/c1-13(2)23-20(25)18(12-22)11-17-10-14(3)24(15(17)4)19-8-6-16(7-9-19)21(26)27-5/h6-11,13H,1-5H3,(H,23,25)/b18-11-. The second-order valence-electron chi connectivity index (χ2n) is 6.50. The number of amides is 1. The van der Waals surface area contributed by atoms with Crippen molar-refractivity contribution in [3.05, 3.63) is 58.4 Å². The smallest absolute Gasteiger partial charge is 0.337 e. The Balaban J connectivity index is 2.42. The molecule has 2 aromatic rings. The van der Waals surface area contributed by atoms with E-state index in [1.807, 2.05) is 56.5 Å². The van der Waals surface area contributed by atoms with Crippen LogP contribution in [0.5, 0.6) is 0 Å². The van der Waals surface area contributed by atoms with Crippen molar-refractivity contribution in [2.75, 3.05) is 7.11 Å². The fraction of sp³-hybridized carbons (Fsp3) is 0.286. The first-order valence-corrected chi connectivity index (χ1v) is 8.58. The summed E-state index contributed by atoms with van der Waals surface area (Å²) in [5, 5.41) is 12.1. The molecule has 6 heteroatoms. The lowest BCUT2D eigenvalue weighted by Gasteiger charge is -2.10. The Morgan fingerprint density at radius 1 is 1.22 bits per heavy atom. The highest BCUT2D eigenvalue weighted by Crippen LogP contribution is 2.23. The van der Waals surface area contributed by atoms with Crippen molar-refractivity contribution in [3.63, 3.8) is 0 Å². The molecule has 0 aliphatic heterocycles. The van der Waals surface area contributed by atoms with Crippen molar-refractivity contribution in [2.45, 2.75) is 33.7 Å². The van der Waals surface area contributed by atoms with Crippen LogP contribution >= 0.6 is 0 Å². The molecule has 1 N–H and O–H groups in total. The van der Waals surface area contributed by atoms with E-state index in [4.69, 9.17) is 4.74 Å². The molecule has 0 bridgehead atoms. The highest BCUT2D eigenvalue weighted by molar-refractivity contribution is 6.02. The minimum Gasteiger partial charge on any atom is -0.465 e. The van der Waals surface area contributed by atoms with Crippen LogP contribution in [-0.2, 0) is 9.53 Å². The fourth-order valence-corrected chi connectivity index (χ4v) is 2.84. The third-order valence-corrected chi connectivity index (χ3v) is 4.10. The lowest BCUT2D eigenvalue weighted by atomic mass is 10.1. The number of nitriles is 1. The predicted molar refractivity (Wildman–Crippen MR) is 103 cm³/mol. The molecular formula is C21H23N3O3. The summed E-state index contributed by atoms with van der Waals surface area (Å²) in [6.45, 7) is 7.55. The zero-order valence-electron chi connectivity index (χ0n) is 16.2. The third kappa shape index (κ3) is 4.45. The minimum atomic E-state index is -0.389. The molecular weight excluding hydrogens is 342 g/mol. The van der Waals surface area contributed by atoms with Crippen LogP contribution in [0.15, 0.2) is 35.9 Å². The molecule has 140 valence electrons. The maximum atomic E-state index is 12.1. The van der Waals surface area contributed by atoms with Gasteiger partial charge in [-0.1, -0.05) is 0 Å². The lowest BCUT2D eigenvalue weighted by molar-refractivity contribution is -0.117. The van der Waals surface area contributed by atoms with E-state index in [1.165, 1.54) is 7.11 Å². The molecule has 1 aromatic carbocycles. The van der Waals surface area contributed by atoms with Gasteiger partial charge in [0.2, 0.25) is 0 Å². The molecule has 0 atom stereocenters. The first-order valence-electron chi connectivity index (χ1n) is 8.58. The number of benzene rings is 1. The largest absolute Gasteiger partial charge is 0.465 e. The Hall–Kier alpha value is -3.33. The quantitative estimate of drug-likeness (QED) is 0.500. The number of aromatic nitrogens is 1. The minimum absolute atomic E-state index is 0.0463. The fourth-order valence-electron chi connectivity index (χ4n) is 2.84. The van der Waals surface area contributed by atoms with Gasteiger partial charge in [-0.3, -0.25) is 4.79 Å². The summed E-state index contributed by atoms with van der Waals surface area (Å²) in [5.74, 6) is -0.777. The molecule has 2 rings (SSSR count). The van der Waals surface area contributed by atoms with Crippen LogP contribution in [0.4, 0.5) is 0 Å². The van der Waals surface area contributed by atoms with Crippen molar-refractivity contribution in [2.24, 2.45) is 0 Å². The molecule has 0 saturated carbocycles. The van der Waals surface area contributed by atoms with Crippen molar-refractivity contribution >= 4 is 18.0 Å². The van der Waals surface area contributed by atoms with E-state index in [1.54, 1.807) is 18.2 Å². The molecule has 27 heavy (non-hydrogen) atoms. The van der Waals surface area contributed by atoms with Gasteiger partial charge in [0.25, 0.3) is 5.91 Å². The summed E-state index contributed by atoms with van der Waals surface area (Å²) >= 11 is 0. The highest BCUT2D eigenvalue weighted by atomic mass is 16.5. The molecule has 0 spiro atoms. The molecule has 1 amide bonds. The second-order valence-corrected chi connectivity index (χ2v) is 6.50. The lowest BCUT2D eigenvalue weighted by Crippen LogP contribution is -2.30. The van der Waals surface area contributed by atoms with Gasteiger partial charge >= 0.3 is 5.97 Å². The van der Waals surface area contributed by atoms with E-state index < -0.39 is 0 Å². The Morgan fingerprint density at radius 2 is 1.85 bits per heavy atom. The van der Waals surface area contributed by atoms with Crippen molar-refractivity contribution in [1.82, 2.24) is 9.88 Å². The van der Waals surface area contributed by atoms with Crippen LogP contribution in [0.2, 0.25) is 0 Å². The van der Waals surface area contributed by atoms with Gasteiger partial charge in [0.1, 0.15) is 11.6 Å². The van der Waals surface area contributed by atoms with Crippen LogP contribution in [0, 0.1) is 25.2 Å². The number of nitrogens with one attached hydrogen (secondary N) is 1. The summed E-state index contributed by atoms with van der Waals surface area (Å²) in [7, 11) is 1.34. The molecule has 1 heterocycles. The van der Waals surface area contributed by atoms with E-state index >= 15 is 0 Å². The number of carbonyl (C=O) groups excluding carboxylic acids is 2. The molecule has 0 radical (unpaired) electrons. The molecule has 0 fully saturated rings. The normalized spacial score (nSPS) is 11.2. The SMILES string of the molecule is COC(=O)c1ccc(-n2c(C)cc(/C=C(/C#N)C(=O)NC(C)C)c2C)cc1. The van der Waals surface area contributed by atoms with Gasteiger partial charge < -0.3 is 14.6 Å². The summed E-state index contributed by atoms with van der Waals surface area (Å²) in [4.78, 5) is 23.7. The van der Waals surface area contributed by atoms with Gasteiger partial charge in [-0.05, 0) is 69.7 Å². The van der Waals surface area contributed by atoms with Crippen molar-refractivity contribution in [3.8, 4) is 11.8 Å². The number of hydrogen-bond donors (Lipinski definition) is 1. The van der Waals surface area contributed by atoms with Gasteiger partial charge in [0, 0.05) is 23.1 Å². The van der Waals surface area contributed by atoms with Gasteiger partial charge in [-0.2, -0.15) is 5.26 Å². The van der Waals surface area contributed by atoms with Crippen LogP contribution in [0.3, 0.4) is 0 Å². The first kappa shape index (κ1) is 20.0. The number of ether oxygens (including phenoxy) is 1. The number of aryl methyl sites for hydroxylation is 1. The van der Waals surface area contributed by atoms with Crippen LogP contribution < -0.4 is 5.32 Å². The van der Waals surface area contributed by atoms with Crippen LogP contribution in [-0.4, -0.2) is 29.6 Å². The van der Waals surface area contributed by atoms with Gasteiger partial charge in [-0.15, -0.1) is 0 Å². The number of methoxy groups -OCH3 is 1. The Morgan fingerprint density at radius 3 is 2.37 bits per heavy atom. The maximum absolute atomic E-state index is 12.1. The zero-order chi connectivity index (χ0) is 20.1. The average molecular weight is 365 g/mol. The number of rotatable bonds is 5. The molecule has 6 nitrogen and oxygen atoms in total. The molecule has 0 aliphatic rings. The van der Waals surface area contributed by atoms with Crippen molar-refractivity contribution in [1.29, 1.82) is 5.26 Å². The van der Waals surface area contributed by atoms with Gasteiger partial charge in [0.05, 0.1) is 12.7 Å². The monoisotopic (exact) mass is 365 g/mol. The topological polar surface area (TPSA) is 84.1 Å². The number of esters is 1. The molecule has 1 aromatic heterocycles. The summed E-state index contributed by atoms with van der Waals surface area (Å²) in [5.41, 5.74) is 4.04.